The molecule has 0 aliphatic rings. The number of thiophene rings is 1. The van der Waals surface area contributed by atoms with E-state index in [1.165, 1.54) is 0 Å². The van der Waals surface area contributed by atoms with Crippen molar-refractivity contribution in [2.45, 2.75) is 6.10 Å². The summed E-state index contributed by atoms with van der Waals surface area (Å²) >= 11 is 3.85. The summed E-state index contributed by atoms with van der Waals surface area (Å²) in [5.41, 5.74) is 1.65. The van der Waals surface area contributed by atoms with Gasteiger partial charge >= 0.3 is 0 Å². The molecule has 1 atom stereocenters. The predicted molar refractivity (Wildman–Crippen MR) is 80.6 cm³/mol. The van der Waals surface area contributed by atoms with Crippen molar-refractivity contribution in [2.75, 3.05) is 14.2 Å². The molecule has 1 aromatic carbocycles. The zero-order valence-electron chi connectivity index (χ0n) is 10.0. The lowest BCUT2D eigenvalue weighted by Crippen LogP contribution is -1.99. The molecular formula is C13H13IO3S. The van der Waals surface area contributed by atoms with E-state index in [1.807, 2.05) is 23.6 Å². The van der Waals surface area contributed by atoms with Gasteiger partial charge in [-0.1, -0.05) is 0 Å². The Morgan fingerprint density at radius 2 is 1.67 bits per heavy atom. The van der Waals surface area contributed by atoms with Crippen LogP contribution < -0.4 is 9.47 Å². The first kappa shape index (κ1) is 13.6. The average Bonchev–Trinajstić information content (AvgIpc) is 2.83. The molecule has 1 heterocycles. The molecule has 0 aliphatic carbocycles. The topological polar surface area (TPSA) is 38.7 Å². The highest BCUT2D eigenvalue weighted by Crippen LogP contribution is 2.32. The van der Waals surface area contributed by atoms with Crippen molar-refractivity contribution < 1.29 is 14.6 Å². The fourth-order valence-electron chi connectivity index (χ4n) is 1.65. The van der Waals surface area contributed by atoms with E-state index in [0.29, 0.717) is 11.5 Å². The maximum Gasteiger partial charge on any atom is 0.122 e. The van der Waals surface area contributed by atoms with E-state index in [2.05, 4.69) is 22.6 Å². The Balaban J connectivity index is 2.37. The summed E-state index contributed by atoms with van der Waals surface area (Å²) in [6.07, 6.45) is -0.659. The molecule has 0 amide bonds. The molecule has 5 heteroatoms. The first-order valence-electron chi connectivity index (χ1n) is 5.29. The maximum atomic E-state index is 10.3. The zero-order chi connectivity index (χ0) is 13.1. The highest BCUT2D eigenvalue weighted by atomic mass is 127. The Labute approximate surface area is 124 Å². The number of methoxy groups -OCH3 is 2. The Hall–Kier alpha value is -0.790. The predicted octanol–water partition coefficient (Wildman–Crippen LogP) is 3.45. The van der Waals surface area contributed by atoms with Gasteiger partial charge in [-0.2, -0.15) is 0 Å². The zero-order valence-corrected chi connectivity index (χ0v) is 13.0. The number of rotatable bonds is 4. The molecule has 2 rings (SSSR count). The van der Waals surface area contributed by atoms with Gasteiger partial charge in [0, 0.05) is 6.07 Å². The van der Waals surface area contributed by atoms with Crippen molar-refractivity contribution in [2.24, 2.45) is 0 Å². The molecule has 0 fully saturated rings. The van der Waals surface area contributed by atoms with Crippen LogP contribution in [0.3, 0.4) is 0 Å². The lowest BCUT2D eigenvalue weighted by Gasteiger charge is -2.13. The van der Waals surface area contributed by atoms with E-state index in [4.69, 9.17) is 9.47 Å². The second-order valence-electron chi connectivity index (χ2n) is 3.73. The lowest BCUT2D eigenvalue weighted by atomic mass is 10.0. The van der Waals surface area contributed by atoms with Crippen LogP contribution in [-0.4, -0.2) is 19.3 Å². The first-order chi connectivity index (χ1) is 8.63. The minimum atomic E-state index is -0.659. The van der Waals surface area contributed by atoms with Crippen molar-refractivity contribution in [1.82, 2.24) is 0 Å². The summed E-state index contributed by atoms with van der Waals surface area (Å²) in [7, 11) is 3.19. The van der Waals surface area contributed by atoms with Gasteiger partial charge in [0.2, 0.25) is 0 Å². The van der Waals surface area contributed by atoms with Crippen molar-refractivity contribution in [3.05, 3.63) is 43.7 Å². The minimum absolute atomic E-state index is 0.659. The quantitative estimate of drug-likeness (QED) is 0.831. The molecule has 0 saturated carbocycles. The molecule has 1 N–H and O–H groups in total. The molecule has 96 valence electrons. The van der Waals surface area contributed by atoms with Gasteiger partial charge in [-0.25, -0.2) is 0 Å². The van der Waals surface area contributed by atoms with Gasteiger partial charge in [0.25, 0.3) is 0 Å². The van der Waals surface area contributed by atoms with Crippen molar-refractivity contribution in [3.8, 4) is 11.5 Å². The van der Waals surface area contributed by atoms with E-state index in [-0.39, 0.29) is 0 Å². The van der Waals surface area contributed by atoms with Gasteiger partial charge in [-0.15, -0.1) is 11.3 Å². The van der Waals surface area contributed by atoms with Crippen LogP contribution >= 0.6 is 33.9 Å². The van der Waals surface area contributed by atoms with Crippen LogP contribution in [0.15, 0.2) is 29.6 Å². The summed E-state index contributed by atoms with van der Waals surface area (Å²) < 4.78 is 11.5. The maximum absolute atomic E-state index is 10.3. The van der Waals surface area contributed by atoms with Crippen LogP contribution in [-0.2, 0) is 0 Å². The fraction of sp³-hybridized carbons (Fsp3) is 0.231. The van der Waals surface area contributed by atoms with E-state index < -0.39 is 6.10 Å². The number of hydrogen-bond donors (Lipinski definition) is 1. The highest BCUT2D eigenvalue weighted by Gasteiger charge is 2.14. The van der Waals surface area contributed by atoms with Crippen LogP contribution in [0.2, 0.25) is 0 Å². The van der Waals surface area contributed by atoms with Gasteiger partial charge in [-0.3, -0.25) is 0 Å². The van der Waals surface area contributed by atoms with Gasteiger partial charge in [-0.05, 0) is 57.3 Å². The summed E-state index contributed by atoms with van der Waals surface area (Å²) in [6.45, 7) is 0. The third kappa shape index (κ3) is 2.96. The summed E-state index contributed by atoms with van der Waals surface area (Å²) in [6, 6.07) is 7.39. The SMILES string of the molecule is COc1cc(OC)cc(C(O)c2csc(I)c2)c1. The molecule has 1 unspecified atom stereocenters. The third-order valence-corrected chi connectivity index (χ3v) is 4.40. The van der Waals surface area contributed by atoms with E-state index in [9.17, 15) is 5.11 Å². The van der Waals surface area contributed by atoms with Gasteiger partial charge in [0.15, 0.2) is 0 Å². The minimum Gasteiger partial charge on any atom is -0.497 e. The van der Waals surface area contributed by atoms with Gasteiger partial charge in [0.1, 0.15) is 17.6 Å². The molecule has 0 bridgehead atoms. The number of ether oxygens (including phenoxy) is 2. The molecular weight excluding hydrogens is 363 g/mol. The monoisotopic (exact) mass is 376 g/mol. The second-order valence-corrected chi connectivity index (χ2v) is 6.54. The number of hydrogen-bond acceptors (Lipinski definition) is 4. The highest BCUT2D eigenvalue weighted by molar-refractivity contribution is 14.1. The smallest absolute Gasteiger partial charge is 0.122 e. The standard InChI is InChI=1S/C13H13IO3S/c1-16-10-3-8(4-11(6-10)17-2)13(15)9-5-12(14)18-7-9/h3-7,13,15H,1-2H3. The Morgan fingerprint density at radius 3 is 2.11 bits per heavy atom. The van der Waals surface area contributed by atoms with E-state index >= 15 is 0 Å². The van der Waals surface area contributed by atoms with Crippen LogP contribution in [0.5, 0.6) is 11.5 Å². The molecule has 2 aromatic rings. The Morgan fingerprint density at radius 1 is 1.06 bits per heavy atom. The van der Waals surface area contributed by atoms with Crippen LogP contribution in [0, 0.1) is 2.88 Å². The second kappa shape index (κ2) is 5.90. The van der Waals surface area contributed by atoms with Gasteiger partial charge < -0.3 is 14.6 Å². The first-order valence-corrected chi connectivity index (χ1v) is 7.25. The van der Waals surface area contributed by atoms with Crippen LogP contribution in [0.4, 0.5) is 0 Å². The fourth-order valence-corrected chi connectivity index (χ4v) is 3.04. The normalized spacial score (nSPS) is 12.2. The van der Waals surface area contributed by atoms with Crippen molar-refractivity contribution in [1.29, 1.82) is 0 Å². The molecule has 0 radical (unpaired) electrons. The number of aliphatic hydroxyl groups excluding tert-OH is 1. The number of halogens is 1. The lowest BCUT2D eigenvalue weighted by molar-refractivity contribution is 0.219. The van der Waals surface area contributed by atoms with Crippen molar-refractivity contribution >= 4 is 33.9 Å². The van der Waals surface area contributed by atoms with Crippen LogP contribution in [0.25, 0.3) is 0 Å². The van der Waals surface area contributed by atoms with Crippen molar-refractivity contribution in [3.63, 3.8) is 0 Å². The molecule has 0 aliphatic heterocycles. The molecule has 0 saturated heterocycles. The van der Waals surface area contributed by atoms with E-state index in [1.54, 1.807) is 31.6 Å². The molecule has 1 aromatic heterocycles. The molecule has 3 nitrogen and oxygen atoms in total. The molecule has 0 spiro atoms. The third-order valence-electron chi connectivity index (χ3n) is 2.59. The summed E-state index contributed by atoms with van der Waals surface area (Å²) in [5, 5.41) is 12.3. The average molecular weight is 376 g/mol. The van der Waals surface area contributed by atoms with Gasteiger partial charge in [0.05, 0.1) is 17.1 Å². The van der Waals surface area contributed by atoms with E-state index in [0.717, 1.165) is 14.0 Å². The molecule has 18 heavy (non-hydrogen) atoms. The Kier molecular flexibility index (Phi) is 4.47. The summed E-state index contributed by atoms with van der Waals surface area (Å²) in [5.74, 6) is 1.35. The van der Waals surface area contributed by atoms with Crippen LogP contribution in [0.1, 0.15) is 17.2 Å². The largest absolute Gasteiger partial charge is 0.497 e. The number of benzene rings is 1. The number of aliphatic hydroxyl groups is 1. The Bertz CT molecular complexity index is 517. The summed E-state index contributed by atoms with van der Waals surface area (Å²) in [4.78, 5) is 0.